The summed E-state index contributed by atoms with van der Waals surface area (Å²) >= 11 is 1.48. The van der Waals surface area contributed by atoms with E-state index in [1.54, 1.807) is 4.90 Å². The van der Waals surface area contributed by atoms with Crippen molar-refractivity contribution < 1.29 is 13.2 Å². The van der Waals surface area contributed by atoms with Crippen molar-refractivity contribution in [1.82, 2.24) is 4.90 Å². The molecule has 1 aromatic carbocycles. The van der Waals surface area contributed by atoms with Gasteiger partial charge in [-0.05, 0) is 29.9 Å². The van der Waals surface area contributed by atoms with Crippen LogP contribution < -0.4 is 0 Å². The lowest BCUT2D eigenvalue weighted by molar-refractivity contribution is -0.132. The number of nitrogens with zero attached hydrogens (tertiary/aromatic N) is 1. The molecule has 0 radical (unpaired) electrons. The first-order chi connectivity index (χ1) is 12.0. The third-order valence-corrected chi connectivity index (χ3v) is 8.06. The SMILES string of the molecule is CCC(C(=O)N1CCC(c2cccs2)S(=O)(=O)CC1)c1ccccc1. The zero-order chi connectivity index (χ0) is 17.9. The zero-order valence-corrected chi connectivity index (χ0v) is 15.9. The second kappa shape index (κ2) is 7.70. The molecule has 1 amide bonds. The molecule has 3 rings (SSSR count). The van der Waals surface area contributed by atoms with Crippen molar-refractivity contribution in [2.24, 2.45) is 0 Å². The fourth-order valence-electron chi connectivity index (χ4n) is 3.42. The molecular formula is C19H23NO3S2. The average Bonchev–Trinajstić information content (AvgIpc) is 3.08. The van der Waals surface area contributed by atoms with Crippen LogP contribution in [0, 0.1) is 0 Å². The summed E-state index contributed by atoms with van der Waals surface area (Å²) in [7, 11) is -3.23. The molecule has 2 heterocycles. The molecule has 0 spiro atoms. The summed E-state index contributed by atoms with van der Waals surface area (Å²) in [5.74, 6) is -0.134. The van der Waals surface area contributed by atoms with Crippen molar-refractivity contribution >= 4 is 27.1 Å². The van der Waals surface area contributed by atoms with E-state index in [0.29, 0.717) is 19.4 Å². The highest BCUT2D eigenvalue weighted by Gasteiger charge is 2.34. The number of carbonyl (C=O) groups excluding carboxylic acids is 1. The van der Waals surface area contributed by atoms with E-state index >= 15 is 0 Å². The number of rotatable bonds is 4. The van der Waals surface area contributed by atoms with Crippen LogP contribution in [0.3, 0.4) is 0 Å². The normalized spacial score (nSPS) is 21.5. The Balaban J connectivity index is 1.79. The quantitative estimate of drug-likeness (QED) is 0.817. The molecule has 0 saturated carbocycles. The second-order valence-corrected chi connectivity index (χ2v) is 9.64. The number of hydrogen-bond acceptors (Lipinski definition) is 4. The standard InChI is InChI=1S/C19H23NO3S2/c1-2-16(15-7-4-3-5-8-15)19(21)20-11-10-18(17-9-6-13-24-17)25(22,23)14-12-20/h3-9,13,16,18H,2,10-12,14H2,1H3. The minimum atomic E-state index is -3.23. The number of amides is 1. The molecule has 2 aromatic rings. The molecular weight excluding hydrogens is 354 g/mol. The zero-order valence-electron chi connectivity index (χ0n) is 14.3. The molecule has 6 heteroatoms. The molecule has 25 heavy (non-hydrogen) atoms. The molecule has 1 aliphatic heterocycles. The minimum Gasteiger partial charge on any atom is -0.341 e. The van der Waals surface area contributed by atoms with Crippen LogP contribution in [0.1, 0.15) is 41.4 Å². The van der Waals surface area contributed by atoms with E-state index < -0.39 is 15.1 Å². The van der Waals surface area contributed by atoms with Gasteiger partial charge in [0.1, 0.15) is 0 Å². The van der Waals surface area contributed by atoms with Gasteiger partial charge in [-0.2, -0.15) is 0 Å². The van der Waals surface area contributed by atoms with Crippen LogP contribution in [-0.4, -0.2) is 38.1 Å². The lowest BCUT2D eigenvalue weighted by atomic mass is 9.95. The third kappa shape index (κ3) is 3.96. The van der Waals surface area contributed by atoms with Crippen molar-refractivity contribution in [2.75, 3.05) is 18.8 Å². The first-order valence-corrected chi connectivity index (χ1v) is 11.2. The van der Waals surface area contributed by atoms with Gasteiger partial charge in [-0.3, -0.25) is 4.79 Å². The Morgan fingerprint density at radius 2 is 1.96 bits per heavy atom. The maximum atomic E-state index is 13.0. The van der Waals surface area contributed by atoms with E-state index in [1.807, 2.05) is 54.8 Å². The van der Waals surface area contributed by atoms with Crippen molar-refractivity contribution in [1.29, 1.82) is 0 Å². The summed E-state index contributed by atoms with van der Waals surface area (Å²) in [6, 6.07) is 13.5. The van der Waals surface area contributed by atoms with Gasteiger partial charge in [-0.15, -0.1) is 11.3 Å². The van der Waals surface area contributed by atoms with Gasteiger partial charge in [0.15, 0.2) is 9.84 Å². The van der Waals surface area contributed by atoms with Crippen LogP contribution in [-0.2, 0) is 14.6 Å². The molecule has 1 fully saturated rings. The summed E-state index contributed by atoms with van der Waals surface area (Å²) in [5, 5.41) is 1.42. The van der Waals surface area contributed by atoms with Gasteiger partial charge in [0, 0.05) is 18.0 Å². The van der Waals surface area contributed by atoms with Gasteiger partial charge in [0.25, 0.3) is 0 Å². The maximum absolute atomic E-state index is 13.0. The Hall–Kier alpha value is -1.66. The van der Waals surface area contributed by atoms with E-state index in [9.17, 15) is 13.2 Å². The lowest BCUT2D eigenvalue weighted by Gasteiger charge is -2.25. The van der Waals surface area contributed by atoms with Gasteiger partial charge < -0.3 is 4.90 Å². The summed E-state index contributed by atoms with van der Waals surface area (Å²) < 4.78 is 25.3. The second-order valence-electron chi connectivity index (χ2n) is 6.36. The Morgan fingerprint density at radius 3 is 2.60 bits per heavy atom. The van der Waals surface area contributed by atoms with E-state index in [4.69, 9.17) is 0 Å². The highest BCUT2D eigenvalue weighted by Crippen LogP contribution is 2.33. The van der Waals surface area contributed by atoms with Crippen LogP contribution in [0.4, 0.5) is 0 Å². The van der Waals surface area contributed by atoms with Crippen LogP contribution in [0.5, 0.6) is 0 Å². The number of thiophene rings is 1. The van der Waals surface area contributed by atoms with E-state index in [0.717, 1.165) is 10.4 Å². The number of carbonyl (C=O) groups is 1. The largest absolute Gasteiger partial charge is 0.341 e. The van der Waals surface area contributed by atoms with E-state index in [2.05, 4.69) is 0 Å². The molecule has 4 nitrogen and oxygen atoms in total. The Bertz CT molecular complexity index is 800. The van der Waals surface area contributed by atoms with Crippen molar-refractivity contribution in [2.45, 2.75) is 30.9 Å². The molecule has 134 valence electrons. The van der Waals surface area contributed by atoms with Gasteiger partial charge in [0.2, 0.25) is 5.91 Å². The van der Waals surface area contributed by atoms with Crippen LogP contribution >= 0.6 is 11.3 Å². The molecule has 0 aliphatic carbocycles. The fourth-order valence-corrected chi connectivity index (χ4v) is 6.42. The third-order valence-electron chi connectivity index (χ3n) is 4.82. The first-order valence-electron chi connectivity index (χ1n) is 8.61. The molecule has 1 aromatic heterocycles. The highest BCUT2D eigenvalue weighted by molar-refractivity contribution is 7.91. The summed E-state index contributed by atoms with van der Waals surface area (Å²) in [5.41, 5.74) is 0.997. The number of benzene rings is 1. The molecule has 2 atom stereocenters. The monoisotopic (exact) mass is 377 g/mol. The maximum Gasteiger partial charge on any atom is 0.230 e. The molecule has 1 saturated heterocycles. The minimum absolute atomic E-state index is 0.0343. The van der Waals surface area contributed by atoms with Gasteiger partial charge in [0.05, 0.1) is 16.9 Å². The van der Waals surface area contributed by atoms with E-state index in [1.165, 1.54) is 11.3 Å². The van der Waals surface area contributed by atoms with Crippen molar-refractivity contribution in [3.05, 3.63) is 58.3 Å². The van der Waals surface area contributed by atoms with Gasteiger partial charge in [-0.25, -0.2) is 8.42 Å². The molecule has 1 aliphatic rings. The Kier molecular flexibility index (Phi) is 5.59. The van der Waals surface area contributed by atoms with Gasteiger partial charge in [-0.1, -0.05) is 43.3 Å². The topological polar surface area (TPSA) is 54.5 Å². The van der Waals surface area contributed by atoms with Crippen molar-refractivity contribution in [3.8, 4) is 0 Å². The number of hydrogen-bond donors (Lipinski definition) is 0. The summed E-state index contributed by atoms with van der Waals surface area (Å²) in [6.07, 6.45) is 1.18. The first kappa shape index (κ1) is 18.1. The van der Waals surface area contributed by atoms with Gasteiger partial charge >= 0.3 is 0 Å². The predicted molar refractivity (Wildman–Crippen MR) is 102 cm³/mol. The van der Waals surface area contributed by atoms with Crippen LogP contribution in [0.2, 0.25) is 0 Å². The Morgan fingerprint density at radius 1 is 1.20 bits per heavy atom. The fraction of sp³-hybridized carbons (Fsp3) is 0.421. The lowest BCUT2D eigenvalue weighted by Crippen LogP contribution is -2.37. The van der Waals surface area contributed by atoms with Crippen LogP contribution in [0.15, 0.2) is 47.8 Å². The van der Waals surface area contributed by atoms with E-state index in [-0.39, 0.29) is 24.1 Å². The van der Waals surface area contributed by atoms with Crippen LogP contribution in [0.25, 0.3) is 0 Å². The summed E-state index contributed by atoms with van der Waals surface area (Å²) in [4.78, 5) is 15.6. The molecule has 0 bridgehead atoms. The number of sulfone groups is 1. The Labute approximate surface area is 153 Å². The molecule has 2 unspecified atom stereocenters. The van der Waals surface area contributed by atoms with Crippen molar-refractivity contribution in [3.63, 3.8) is 0 Å². The highest BCUT2D eigenvalue weighted by atomic mass is 32.2. The predicted octanol–water partition coefficient (Wildman–Crippen LogP) is 3.63. The average molecular weight is 378 g/mol. The smallest absolute Gasteiger partial charge is 0.230 e. The summed E-state index contributed by atoms with van der Waals surface area (Å²) in [6.45, 7) is 2.77. The molecule has 0 N–H and O–H groups in total.